The molecular formula is C15H25N3. The summed E-state index contributed by atoms with van der Waals surface area (Å²) in [6, 6.07) is 5.28. The lowest BCUT2D eigenvalue weighted by atomic mass is 9.88. The maximum Gasteiger partial charge on any atom is 0.126 e. The van der Waals surface area contributed by atoms with Gasteiger partial charge in [0.15, 0.2) is 0 Å². The molecule has 1 saturated heterocycles. The third-order valence-corrected chi connectivity index (χ3v) is 3.72. The molecule has 0 aromatic carbocycles. The first-order valence-corrected chi connectivity index (χ1v) is 6.93. The Bertz CT molecular complexity index is 378. The van der Waals surface area contributed by atoms with Crippen LogP contribution in [-0.2, 0) is 5.41 Å². The van der Waals surface area contributed by atoms with Gasteiger partial charge in [-0.25, -0.2) is 4.98 Å². The molecule has 1 fully saturated rings. The molecule has 2 unspecified atom stereocenters. The highest BCUT2D eigenvalue weighted by molar-refractivity contribution is 5.38. The second-order valence-electron chi connectivity index (χ2n) is 6.32. The molecule has 3 heteroatoms. The second kappa shape index (κ2) is 5.27. The highest BCUT2D eigenvalue weighted by Crippen LogP contribution is 2.22. The summed E-state index contributed by atoms with van der Waals surface area (Å²) in [6.45, 7) is 10.0. The van der Waals surface area contributed by atoms with Gasteiger partial charge in [-0.3, -0.25) is 0 Å². The summed E-state index contributed by atoms with van der Waals surface area (Å²) < 4.78 is 0. The van der Waals surface area contributed by atoms with Crippen LogP contribution in [0, 0.1) is 0 Å². The summed E-state index contributed by atoms with van der Waals surface area (Å²) in [5.41, 5.74) is 1.45. The topological polar surface area (TPSA) is 37.0 Å². The largest absolute Gasteiger partial charge is 0.366 e. The number of hydrogen-bond acceptors (Lipinski definition) is 3. The van der Waals surface area contributed by atoms with Crippen molar-refractivity contribution in [1.29, 1.82) is 0 Å². The van der Waals surface area contributed by atoms with E-state index in [4.69, 9.17) is 0 Å². The quantitative estimate of drug-likeness (QED) is 0.843. The minimum absolute atomic E-state index is 0.172. The fourth-order valence-corrected chi connectivity index (χ4v) is 2.35. The first-order chi connectivity index (χ1) is 8.47. The molecule has 3 nitrogen and oxygen atoms in total. The molecule has 2 N–H and O–H groups in total. The van der Waals surface area contributed by atoms with Crippen LogP contribution in [0.15, 0.2) is 18.3 Å². The Morgan fingerprint density at radius 2 is 2.11 bits per heavy atom. The van der Waals surface area contributed by atoms with Crippen molar-refractivity contribution in [2.45, 2.75) is 58.0 Å². The molecule has 1 aliphatic heterocycles. The third kappa shape index (κ3) is 3.22. The van der Waals surface area contributed by atoms with Gasteiger partial charge in [-0.1, -0.05) is 26.8 Å². The lowest BCUT2D eigenvalue weighted by molar-refractivity contribution is 0.388. The number of nitrogens with one attached hydrogen (secondary N) is 2. The predicted molar refractivity (Wildman–Crippen MR) is 77.0 cm³/mol. The summed E-state index contributed by atoms with van der Waals surface area (Å²) in [5, 5.41) is 7.03. The number of hydrogen-bond donors (Lipinski definition) is 2. The molecule has 0 aliphatic carbocycles. The lowest BCUT2D eigenvalue weighted by Crippen LogP contribution is -2.46. The predicted octanol–water partition coefficient (Wildman–Crippen LogP) is 2.93. The maximum atomic E-state index is 4.53. The van der Waals surface area contributed by atoms with Gasteiger partial charge in [0, 0.05) is 18.3 Å². The number of aromatic nitrogens is 1. The van der Waals surface area contributed by atoms with E-state index in [0.717, 1.165) is 12.4 Å². The summed E-state index contributed by atoms with van der Waals surface area (Å²) in [4.78, 5) is 4.53. The third-order valence-electron chi connectivity index (χ3n) is 3.72. The van der Waals surface area contributed by atoms with Crippen molar-refractivity contribution in [3.8, 4) is 0 Å². The number of piperidine rings is 1. The van der Waals surface area contributed by atoms with Gasteiger partial charge in [0.25, 0.3) is 0 Å². The fraction of sp³-hybridized carbons (Fsp3) is 0.667. The van der Waals surface area contributed by atoms with Crippen LogP contribution in [0.25, 0.3) is 0 Å². The molecule has 2 heterocycles. The van der Waals surface area contributed by atoms with Crippen LogP contribution in [0.5, 0.6) is 0 Å². The van der Waals surface area contributed by atoms with E-state index >= 15 is 0 Å². The fourth-order valence-electron chi connectivity index (χ4n) is 2.35. The molecule has 100 valence electrons. The SMILES string of the molecule is CC1NCCCC1Nc1ccc(C(C)(C)C)cn1. The lowest BCUT2D eigenvalue weighted by Gasteiger charge is -2.31. The van der Waals surface area contributed by atoms with Crippen molar-refractivity contribution in [3.63, 3.8) is 0 Å². The average Bonchev–Trinajstić information content (AvgIpc) is 2.32. The Hall–Kier alpha value is -1.09. The van der Waals surface area contributed by atoms with Crippen molar-refractivity contribution in [1.82, 2.24) is 10.3 Å². The molecule has 18 heavy (non-hydrogen) atoms. The van der Waals surface area contributed by atoms with E-state index in [1.807, 2.05) is 6.20 Å². The summed E-state index contributed by atoms with van der Waals surface area (Å²) >= 11 is 0. The van der Waals surface area contributed by atoms with Gasteiger partial charge < -0.3 is 10.6 Å². The van der Waals surface area contributed by atoms with Gasteiger partial charge in [0.1, 0.15) is 5.82 Å². The average molecular weight is 247 g/mol. The van der Waals surface area contributed by atoms with Crippen LogP contribution in [0.3, 0.4) is 0 Å². The van der Waals surface area contributed by atoms with Gasteiger partial charge in [-0.05, 0) is 43.4 Å². The molecule has 1 aromatic heterocycles. The Balaban J connectivity index is 2.02. The minimum Gasteiger partial charge on any atom is -0.366 e. The van der Waals surface area contributed by atoms with Crippen LogP contribution < -0.4 is 10.6 Å². The maximum absolute atomic E-state index is 4.53. The molecular weight excluding hydrogens is 222 g/mol. The first-order valence-electron chi connectivity index (χ1n) is 6.93. The molecule has 0 bridgehead atoms. The van der Waals surface area contributed by atoms with Gasteiger partial charge in [-0.15, -0.1) is 0 Å². The summed E-state index contributed by atoms with van der Waals surface area (Å²) in [7, 11) is 0. The minimum atomic E-state index is 0.172. The van der Waals surface area contributed by atoms with Crippen molar-refractivity contribution in [3.05, 3.63) is 23.9 Å². The molecule has 2 rings (SSSR count). The monoisotopic (exact) mass is 247 g/mol. The molecule has 0 radical (unpaired) electrons. The molecule has 0 amide bonds. The number of anilines is 1. The smallest absolute Gasteiger partial charge is 0.126 e. The van der Waals surface area contributed by atoms with Crippen molar-refractivity contribution in [2.75, 3.05) is 11.9 Å². The van der Waals surface area contributed by atoms with E-state index in [9.17, 15) is 0 Å². The van der Waals surface area contributed by atoms with Crippen LogP contribution >= 0.6 is 0 Å². The van der Waals surface area contributed by atoms with E-state index in [2.05, 4.69) is 55.4 Å². The van der Waals surface area contributed by atoms with Gasteiger partial charge in [0.05, 0.1) is 0 Å². The number of rotatable bonds is 2. The van der Waals surface area contributed by atoms with Crippen LogP contribution in [0.4, 0.5) is 5.82 Å². The highest BCUT2D eigenvalue weighted by Gasteiger charge is 2.21. The van der Waals surface area contributed by atoms with E-state index < -0.39 is 0 Å². The summed E-state index contributed by atoms with van der Waals surface area (Å²) in [5.74, 6) is 0.989. The van der Waals surface area contributed by atoms with E-state index in [0.29, 0.717) is 12.1 Å². The van der Waals surface area contributed by atoms with Gasteiger partial charge in [-0.2, -0.15) is 0 Å². The summed E-state index contributed by atoms with van der Waals surface area (Å²) in [6.07, 6.45) is 4.45. The first kappa shape index (κ1) is 13.3. The Labute approximate surface area is 110 Å². The van der Waals surface area contributed by atoms with Gasteiger partial charge >= 0.3 is 0 Å². The zero-order valence-electron chi connectivity index (χ0n) is 12.0. The van der Waals surface area contributed by atoms with E-state index in [1.165, 1.54) is 18.4 Å². The molecule has 0 spiro atoms. The normalized spacial score (nSPS) is 24.9. The highest BCUT2D eigenvalue weighted by atomic mass is 15.1. The second-order valence-corrected chi connectivity index (χ2v) is 6.32. The van der Waals surface area contributed by atoms with E-state index in [1.54, 1.807) is 0 Å². The van der Waals surface area contributed by atoms with Crippen molar-refractivity contribution >= 4 is 5.82 Å². The van der Waals surface area contributed by atoms with Crippen LogP contribution in [-0.4, -0.2) is 23.6 Å². The molecule has 2 atom stereocenters. The van der Waals surface area contributed by atoms with Gasteiger partial charge in [0.2, 0.25) is 0 Å². The Kier molecular flexibility index (Phi) is 3.91. The standard InChI is InChI=1S/C15H25N3/c1-11-13(6-5-9-16-11)18-14-8-7-12(10-17-14)15(2,3)4/h7-8,10-11,13,16H,5-6,9H2,1-4H3,(H,17,18). The van der Waals surface area contributed by atoms with Crippen LogP contribution in [0.2, 0.25) is 0 Å². The number of pyridine rings is 1. The molecule has 0 saturated carbocycles. The zero-order chi connectivity index (χ0) is 13.2. The number of nitrogens with zero attached hydrogens (tertiary/aromatic N) is 1. The van der Waals surface area contributed by atoms with Crippen molar-refractivity contribution in [2.24, 2.45) is 0 Å². The van der Waals surface area contributed by atoms with Crippen LogP contribution in [0.1, 0.15) is 46.1 Å². The van der Waals surface area contributed by atoms with E-state index in [-0.39, 0.29) is 5.41 Å². The Morgan fingerprint density at radius 1 is 1.33 bits per heavy atom. The molecule has 1 aromatic rings. The Morgan fingerprint density at radius 3 is 2.67 bits per heavy atom. The zero-order valence-corrected chi connectivity index (χ0v) is 12.0. The molecule has 1 aliphatic rings. The van der Waals surface area contributed by atoms with Crippen molar-refractivity contribution < 1.29 is 0 Å².